The van der Waals surface area contributed by atoms with Crippen LogP contribution in [0.15, 0.2) is 16.8 Å². The van der Waals surface area contributed by atoms with Crippen molar-refractivity contribution >= 4 is 5.84 Å². The van der Waals surface area contributed by atoms with E-state index in [1.54, 1.807) is 6.08 Å². The van der Waals surface area contributed by atoms with E-state index < -0.39 is 0 Å². The van der Waals surface area contributed by atoms with Crippen LogP contribution >= 0.6 is 0 Å². The van der Waals surface area contributed by atoms with E-state index in [0.29, 0.717) is 5.92 Å². The first-order chi connectivity index (χ1) is 5.06. The molecular weight excluding hydrogens is 140 g/mol. The Morgan fingerprint density at radius 3 is 2.55 bits per heavy atom. The van der Waals surface area contributed by atoms with Crippen LogP contribution in [0.5, 0.6) is 0 Å². The van der Waals surface area contributed by atoms with E-state index in [-0.39, 0.29) is 5.84 Å². The third-order valence-corrected chi connectivity index (χ3v) is 1.24. The van der Waals surface area contributed by atoms with Gasteiger partial charge in [0.1, 0.15) is 0 Å². The van der Waals surface area contributed by atoms with Crippen molar-refractivity contribution in [3.05, 3.63) is 11.6 Å². The summed E-state index contributed by atoms with van der Waals surface area (Å²) in [7, 11) is 0. The Morgan fingerprint density at radius 1 is 1.64 bits per heavy atom. The fourth-order valence-corrected chi connectivity index (χ4v) is 0.984. The molecule has 0 aromatic heterocycles. The largest absolute Gasteiger partial charge is 0.409 e. The lowest BCUT2D eigenvalue weighted by Gasteiger charge is -2.03. The Bertz CT molecular complexity index is 171. The summed E-state index contributed by atoms with van der Waals surface area (Å²) in [6.45, 7) is 6.23. The summed E-state index contributed by atoms with van der Waals surface area (Å²) in [5.41, 5.74) is 6.41. The zero-order chi connectivity index (χ0) is 8.85. The van der Waals surface area contributed by atoms with Crippen LogP contribution in [-0.2, 0) is 0 Å². The minimum Gasteiger partial charge on any atom is -0.409 e. The van der Waals surface area contributed by atoms with Gasteiger partial charge in [-0.1, -0.05) is 24.6 Å². The second-order valence-corrected chi connectivity index (χ2v) is 3.11. The topological polar surface area (TPSA) is 58.6 Å². The summed E-state index contributed by atoms with van der Waals surface area (Å²) in [6, 6.07) is 0. The second kappa shape index (κ2) is 4.77. The maximum absolute atomic E-state index is 8.24. The Morgan fingerprint density at radius 2 is 2.18 bits per heavy atom. The van der Waals surface area contributed by atoms with E-state index in [1.165, 1.54) is 0 Å². The van der Waals surface area contributed by atoms with E-state index in [4.69, 9.17) is 10.9 Å². The molecule has 0 amide bonds. The molecule has 11 heavy (non-hydrogen) atoms. The van der Waals surface area contributed by atoms with Gasteiger partial charge in [0.25, 0.3) is 0 Å². The average Bonchev–Trinajstić information content (AvgIpc) is 1.85. The highest BCUT2D eigenvalue weighted by molar-refractivity contribution is 5.91. The Hall–Kier alpha value is -0.990. The monoisotopic (exact) mass is 156 g/mol. The lowest BCUT2D eigenvalue weighted by molar-refractivity contribution is 0.319. The Kier molecular flexibility index (Phi) is 4.34. The van der Waals surface area contributed by atoms with Crippen LogP contribution in [0.25, 0.3) is 0 Å². The maximum Gasteiger partial charge on any atom is 0.162 e. The molecular formula is C8H16N2O. The molecule has 0 unspecified atom stereocenters. The van der Waals surface area contributed by atoms with Crippen LogP contribution in [0.2, 0.25) is 0 Å². The normalized spacial score (nSPS) is 14.2. The Balaban J connectivity index is 4.01. The molecule has 0 aliphatic carbocycles. The molecule has 0 aliphatic rings. The summed E-state index contributed by atoms with van der Waals surface area (Å²) in [5.74, 6) is 0.779. The molecule has 0 heterocycles. The summed E-state index contributed by atoms with van der Waals surface area (Å²) < 4.78 is 0. The highest BCUT2D eigenvalue weighted by atomic mass is 16.4. The Labute approximate surface area is 67.6 Å². The molecule has 0 bridgehead atoms. The predicted molar refractivity (Wildman–Crippen MR) is 46.6 cm³/mol. The van der Waals surface area contributed by atoms with Gasteiger partial charge in [-0.3, -0.25) is 0 Å². The fourth-order valence-electron chi connectivity index (χ4n) is 0.984. The fraction of sp³-hybridized carbons (Fsp3) is 0.625. The van der Waals surface area contributed by atoms with Gasteiger partial charge >= 0.3 is 0 Å². The van der Waals surface area contributed by atoms with Crippen LogP contribution in [0, 0.1) is 5.92 Å². The minimum atomic E-state index is 0.170. The zero-order valence-corrected chi connectivity index (χ0v) is 7.33. The number of nitrogens with zero attached hydrogens (tertiary/aromatic N) is 1. The molecule has 3 nitrogen and oxygen atoms in total. The van der Waals surface area contributed by atoms with Crippen molar-refractivity contribution in [2.45, 2.75) is 27.2 Å². The van der Waals surface area contributed by atoms with Gasteiger partial charge in [-0.05, 0) is 25.3 Å². The first-order valence-corrected chi connectivity index (χ1v) is 3.71. The van der Waals surface area contributed by atoms with E-state index in [1.807, 2.05) is 6.92 Å². The summed E-state index contributed by atoms with van der Waals surface area (Å²) >= 11 is 0. The van der Waals surface area contributed by atoms with Crippen molar-refractivity contribution < 1.29 is 5.21 Å². The average molecular weight is 156 g/mol. The van der Waals surface area contributed by atoms with Crippen LogP contribution in [0.1, 0.15) is 27.2 Å². The van der Waals surface area contributed by atoms with Gasteiger partial charge < -0.3 is 10.9 Å². The molecule has 0 saturated carbocycles. The summed E-state index contributed by atoms with van der Waals surface area (Å²) in [5, 5.41) is 11.1. The standard InChI is InChI=1S/C8H16N2O/c1-6(2)4-7(3)5-8(9)10-11/h5-6,11H,4H2,1-3H3,(H2,9,10). The number of oxime groups is 1. The minimum absolute atomic E-state index is 0.170. The van der Waals surface area contributed by atoms with Gasteiger partial charge in [0, 0.05) is 0 Å². The van der Waals surface area contributed by atoms with Crippen LogP contribution in [0.4, 0.5) is 0 Å². The number of hydrogen-bond acceptors (Lipinski definition) is 2. The number of hydrogen-bond donors (Lipinski definition) is 2. The molecule has 0 fully saturated rings. The predicted octanol–water partition coefficient (Wildman–Crippen LogP) is 1.73. The zero-order valence-electron chi connectivity index (χ0n) is 7.33. The molecule has 0 spiro atoms. The molecule has 3 N–H and O–H groups in total. The van der Waals surface area contributed by atoms with E-state index >= 15 is 0 Å². The molecule has 0 aromatic carbocycles. The van der Waals surface area contributed by atoms with Crippen LogP contribution in [-0.4, -0.2) is 11.0 Å². The van der Waals surface area contributed by atoms with Crippen molar-refractivity contribution in [1.29, 1.82) is 0 Å². The molecule has 0 rings (SSSR count). The van der Waals surface area contributed by atoms with E-state index in [9.17, 15) is 0 Å². The molecule has 0 aromatic rings. The van der Waals surface area contributed by atoms with Gasteiger partial charge in [-0.2, -0.15) is 0 Å². The SMILES string of the molecule is CC(=CC(N)=NO)CC(C)C. The van der Waals surface area contributed by atoms with E-state index in [2.05, 4.69) is 19.0 Å². The van der Waals surface area contributed by atoms with Crippen molar-refractivity contribution in [2.24, 2.45) is 16.8 Å². The highest BCUT2D eigenvalue weighted by Gasteiger charge is 1.96. The lowest BCUT2D eigenvalue weighted by Crippen LogP contribution is -2.08. The van der Waals surface area contributed by atoms with Crippen LogP contribution < -0.4 is 5.73 Å². The quantitative estimate of drug-likeness (QED) is 0.283. The van der Waals surface area contributed by atoms with Gasteiger partial charge in [0.15, 0.2) is 5.84 Å². The number of amidine groups is 1. The number of rotatable bonds is 3. The smallest absolute Gasteiger partial charge is 0.162 e. The third kappa shape index (κ3) is 5.45. The number of allylic oxidation sites excluding steroid dienone is 1. The maximum atomic E-state index is 8.24. The third-order valence-electron chi connectivity index (χ3n) is 1.24. The van der Waals surface area contributed by atoms with Crippen molar-refractivity contribution in [3.63, 3.8) is 0 Å². The number of nitrogens with two attached hydrogens (primary N) is 1. The van der Waals surface area contributed by atoms with Gasteiger partial charge in [-0.15, -0.1) is 0 Å². The van der Waals surface area contributed by atoms with Crippen molar-refractivity contribution in [3.8, 4) is 0 Å². The molecule has 0 saturated heterocycles. The lowest BCUT2D eigenvalue weighted by atomic mass is 10.0. The summed E-state index contributed by atoms with van der Waals surface area (Å²) in [6.07, 6.45) is 2.66. The highest BCUT2D eigenvalue weighted by Crippen LogP contribution is 2.08. The first kappa shape index (κ1) is 10.0. The van der Waals surface area contributed by atoms with Crippen LogP contribution in [0.3, 0.4) is 0 Å². The van der Waals surface area contributed by atoms with Gasteiger partial charge in [0.2, 0.25) is 0 Å². The van der Waals surface area contributed by atoms with Gasteiger partial charge in [0.05, 0.1) is 0 Å². The molecule has 3 heteroatoms. The molecule has 0 radical (unpaired) electrons. The summed E-state index contributed by atoms with van der Waals surface area (Å²) in [4.78, 5) is 0. The molecule has 0 aliphatic heterocycles. The molecule has 64 valence electrons. The first-order valence-electron chi connectivity index (χ1n) is 3.71. The molecule has 0 atom stereocenters. The second-order valence-electron chi connectivity index (χ2n) is 3.11. The van der Waals surface area contributed by atoms with Crippen molar-refractivity contribution in [1.82, 2.24) is 0 Å². The van der Waals surface area contributed by atoms with E-state index in [0.717, 1.165) is 12.0 Å². The van der Waals surface area contributed by atoms with Crippen molar-refractivity contribution in [2.75, 3.05) is 0 Å². The van der Waals surface area contributed by atoms with Gasteiger partial charge in [-0.25, -0.2) is 0 Å².